The molecule has 0 atom stereocenters. The zero-order valence-electron chi connectivity index (χ0n) is 9.83. The minimum atomic E-state index is -3.24. The Bertz CT molecular complexity index is 446. The lowest BCUT2D eigenvalue weighted by atomic mass is 10.1. The summed E-state index contributed by atoms with van der Waals surface area (Å²) in [5.41, 5.74) is 0. The fourth-order valence-corrected chi connectivity index (χ4v) is 3.54. The molecule has 0 radical (unpaired) electrons. The maximum Gasteiger partial charge on any atom is 0.183 e. The fourth-order valence-electron chi connectivity index (χ4n) is 1.67. The standard InChI is InChI=1S/C12H17BrO2S/c1-4-9-12(2,3)16(14,15)11-7-5-10(13)6-8-11/h5-8H,4,9H2,1-3H3. The van der Waals surface area contributed by atoms with E-state index in [-0.39, 0.29) is 0 Å². The molecule has 2 nitrogen and oxygen atoms in total. The predicted octanol–water partition coefficient (Wildman–Crippen LogP) is 3.80. The van der Waals surface area contributed by atoms with Gasteiger partial charge in [-0.25, -0.2) is 8.42 Å². The second-order valence-electron chi connectivity index (χ2n) is 4.47. The van der Waals surface area contributed by atoms with Gasteiger partial charge in [0, 0.05) is 4.47 Å². The van der Waals surface area contributed by atoms with Gasteiger partial charge >= 0.3 is 0 Å². The first-order chi connectivity index (χ1) is 7.31. The molecule has 1 aromatic rings. The van der Waals surface area contributed by atoms with Crippen molar-refractivity contribution in [3.63, 3.8) is 0 Å². The van der Waals surface area contributed by atoms with Crippen molar-refractivity contribution in [1.82, 2.24) is 0 Å². The van der Waals surface area contributed by atoms with E-state index < -0.39 is 14.6 Å². The van der Waals surface area contributed by atoms with Crippen molar-refractivity contribution in [2.24, 2.45) is 0 Å². The molecule has 0 saturated heterocycles. The zero-order chi connectivity index (χ0) is 12.4. The van der Waals surface area contributed by atoms with Crippen molar-refractivity contribution in [3.8, 4) is 0 Å². The van der Waals surface area contributed by atoms with E-state index in [9.17, 15) is 8.42 Å². The van der Waals surface area contributed by atoms with Crippen LogP contribution in [0.1, 0.15) is 33.6 Å². The Morgan fingerprint density at radius 1 is 1.19 bits per heavy atom. The molecule has 0 aliphatic heterocycles. The molecule has 0 bridgehead atoms. The van der Waals surface area contributed by atoms with E-state index in [1.807, 2.05) is 6.92 Å². The van der Waals surface area contributed by atoms with Gasteiger partial charge < -0.3 is 0 Å². The molecule has 90 valence electrons. The molecule has 1 aromatic carbocycles. The summed E-state index contributed by atoms with van der Waals surface area (Å²) in [4.78, 5) is 0.397. The molecule has 4 heteroatoms. The molecule has 0 amide bonds. The number of benzene rings is 1. The average molecular weight is 305 g/mol. The van der Waals surface area contributed by atoms with Crippen LogP contribution >= 0.6 is 15.9 Å². The van der Waals surface area contributed by atoms with Gasteiger partial charge in [-0.15, -0.1) is 0 Å². The zero-order valence-corrected chi connectivity index (χ0v) is 12.2. The molecular formula is C12H17BrO2S. The Labute approximate surface area is 106 Å². The Kier molecular flexibility index (Phi) is 4.18. The first-order valence-corrected chi connectivity index (χ1v) is 7.59. The molecule has 0 heterocycles. The maximum absolute atomic E-state index is 12.3. The van der Waals surface area contributed by atoms with Gasteiger partial charge in [-0.3, -0.25) is 0 Å². The van der Waals surface area contributed by atoms with Crippen molar-refractivity contribution >= 4 is 25.8 Å². The Morgan fingerprint density at radius 2 is 1.69 bits per heavy atom. The van der Waals surface area contributed by atoms with Crippen LogP contribution in [0.3, 0.4) is 0 Å². The molecule has 1 rings (SSSR count). The van der Waals surface area contributed by atoms with Crippen LogP contribution in [0.25, 0.3) is 0 Å². The largest absolute Gasteiger partial charge is 0.223 e. The fraction of sp³-hybridized carbons (Fsp3) is 0.500. The molecule has 0 unspecified atom stereocenters. The average Bonchev–Trinajstić information content (AvgIpc) is 2.18. The summed E-state index contributed by atoms with van der Waals surface area (Å²) in [7, 11) is -3.24. The van der Waals surface area contributed by atoms with Crippen LogP contribution in [-0.4, -0.2) is 13.2 Å². The number of halogens is 1. The van der Waals surface area contributed by atoms with Crippen molar-refractivity contribution < 1.29 is 8.42 Å². The highest BCUT2D eigenvalue weighted by atomic mass is 79.9. The first kappa shape index (κ1) is 13.7. The maximum atomic E-state index is 12.3. The molecule has 0 aromatic heterocycles. The van der Waals surface area contributed by atoms with Gasteiger partial charge in [-0.2, -0.15) is 0 Å². The Morgan fingerprint density at radius 3 is 2.12 bits per heavy atom. The summed E-state index contributed by atoms with van der Waals surface area (Å²) in [6.07, 6.45) is 1.54. The van der Waals surface area contributed by atoms with Crippen LogP contribution < -0.4 is 0 Å². The molecular weight excluding hydrogens is 288 g/mol. The Balaban J connectivity index is 3.16. The molecule has 0 spiro atoms. The summed E-state index contributed by atoms with van der Waals surface area (Å²) >= 11 is 3.30. The SMILES string of the molecule is CCCC(C)(C)S(=O)(=O)c1ccc(Br)cc1. The second kappa shape index (κ2) is 4.88. The van der Waals surface area contributed by atoms with Crippen molar-refractivity contribution in [2.75, 3.05) is 0 Å². The van der Waals surface area contributed by atoms with E-state index in [1.54, 1.807) is 38.1 Å². The van der Waals surface area contributed by atoms with Crippen molar-refractivity contribution in [2.45, 2.75) is 43.3 Å². The van der Waals surface area contributed by atoms with Crippen LogP contribution in [0, 0.1) is 0 Å². The second-order valence-corrected chi connectivity index (χ2v) is 7.97. The number of hydrogen-bond acceptors (Lipinski definition) is 2. The number of hydrogen-bond donors (Lipinski definition) is 0. The first-order valence-electron chi connectivity index (χ1n) is 5.31. The van der Waals surface area contributed by atoms with E-state index in [2.05, 4.69) is 15.9 Å². The quantitative estimate of drug-likeness (QED) is 0.848. The monoisotopic (exact) mass is 304 g/mol. The minimum absolute atomic E-state index is 0.397. The lowest BCUT2D eigenvalue weighted by molar-refractivity contribution is 0.523. The number of sulfone groups is 1. The molecule has 0 aliphatic carbocycles. The predicted molar refractivity (Wildman–Crippen MR) is 70.3 cm³/mol. The van der Waals surface area contributed by atoms with Gasteiger partial charge in [-0.05, 0) is 44.5 Å². The van der Waals surface area contributed by atoms with E-state index in [0.717, 1.165) is 10.9 Å². The molecule has 16 heavy (non-hydrogen) atoms. The molecule has 0 aliphatic rings. The van der Waals surface area contributed by atoms with E-state index in [1.165, 1.54) is 0 Å². The molecule has 0 saturated carbocycles. The topological polar surface area (TPSA) is 34.1 Å². The van der Waals surface area contributed by atoms with E-state index in [4.69, 9.17) is 0 Å². The van der Waals surface area contributed by atoms with E-state index >= 15 is 0 Å². The lowest BCUT2D eigenvalue weighted by Gasteiger charge is -2.24. The van der Waals surface area contributed by atoms with Crippen molar-refractivity contribution in [1.29, 1.82) is 0 Å². The van der Waals surface area contributed by atoms with Gasteiger partial charge in [0.25, 0.3) is 0 Å². The third-order valence-electron chi connectivity index (χ3n) is 2.70. The highest BCUT2D eigenvalue weighted by Crippen LogP contribution is 2.29. The van der Waals surface area contributed by atoms with Crippen molar-refractivity contribution in [3.05, 3.63) is 28.7 Å². The van der Waals surface area contributed by atoms with Gasteiger partial charge in [-0.1, -0.05) is 29.3 Å². The third kappa shape index (κ3) is 2.66. The van der Waals surface area contributed by atoms with Crippen LogP contribution in [0.2, 0.25) is 0 Å². The summed E-state index contributed by atoms with van der Waals surface area (Å²) in [6.45, 7) is 5.57. The molecule has 0 N–H and O–H groups in total. The smallest absolute Gasteiger partial charge is 0.183 e. The van der Waals surface area contributed by atoms with Gasteiger partial charge in [0.05, 0.1) is 9.64 Å². The summed E-state index contributed by atoms with van der Waals surface area (Å²) in [6, 6.07) is 6.82. The van der Waals surface area contributed by atoms with Crippen LogP contribution in [0.15, 0.2) is 33.6 Å². The summed E-state index contributed by atoms with van der Waals surface area (Å²) in [5.74, 6) is 0. The van der Waals surface area contributed by atoms with Crippen LogP contribution in [0.5, 0.6) is 0 Å². The summed E-state index contributed by atoms with van der Waals surface area (Å²) in [5, 5.41) is 0. The highest BCUT2D eigenvalue weighted by Gasteiger charge is 2.34. The third-order valence-corrected chi connectivity index (χ3v) is 5.78. The van der Waals surface area contributed by atoms with Gasteiger partial charge in [0.2, 0.25) is 0 Å². The highest BCUT2D eigenvalue weighted by molar-refractivity contribution is 9.10. The summed E-state index contributed by atoms with van der Waals surface area (Å²) < 4.78 is 24.9. The molecule has 0 fully saturated rings. The lowest BCUT2D eigenvalue weighted by Crippen LogP contribution is -2.31. The normalized spacial score (nSPS) is 12.8. The van der Waals surface area contributed by atoms with Gasteiger partial charge in [0.15, 0.2) is 9.84 Å². The van der Waals surface area contributed by atoms with Gasteiger partial charge in [0.1, 0.15) is 0 Å². The van der Waals surface area contributed by atoms with E-state index in [0.29, 0.717) is 11.3 Å². The minimum Gasteiger partial charge on any atom is -0.223 e. The number of rotatable bonds is 4. The Hall–Kier alpha value is -0.350. The van der Waals surface area contributed by atoms with Crippen LogP contribution in [0.4, 0.5) is 0 Å². The van der Waals surface area contributed by atoms with Crippen LogP contribution in [-0.2, 0) is 9.84 Å².